The lowest BCUT2D eigenvalue weighted by atomic mass is 9.53. The number of hydrogen-bond donors (Lipinski definition) is 2. The average Bonchev–Trinajstić information content (AvgIpc) is 2.84. The number of nitrogens with zero attached hydrogens (tertiary/aromatic N) is 1. The topological polar surface area (TPSA) is 62.2 Å². The van der Waals surface area contributed by atoms with Gasteiger partial charge in [0, 0.05) is 29.4 Å². The molecule has 0 bridgehead atoms. The highest BCUT2D eigenvalue weighted by molar-refractivity contribution is 5.94. The molecule has 2 aromatic carbocycles. The predicted molar refractivity (Wildman–Crippen MR) is 135 cm³/mol. The molecule has 1 heterocycles. The summed E-state index contributed by atoms with van der Waals surface area (Å²) < 4.78 is 0. The van der Waals surface area contributed by atoms with E-state index in [9.17, 15) is 9.90 Å². The Bertz CT molecular complexity index is 1190. The van der Waals surface area contributed by atoms with Crippen molar-refractivity contribution in [2.75, 3.05) is 0 Å². The Morgan fingerprint density at radius 3 is 2.74 bits per heavy atom. The van der Waals surface area contributed by atoms with Gasteiger partial charge in [-0.15, -0.1) is 0 Å². The number of nitrogens with one attached hydrogen (secondary N) is 1. The molecule has 5 rings (SSSR count). The van der Waals surface area contributed by atoms with Crippen LogP contribution in [0.4, 0.5) is 0 Å². The Hall–Kier alpha value is -2.98. The lowest BCUT2D eigenvalue weighted by molar-refractivity contribution is -0.0366. The average molecular weight is 455 g/mol. The number of rotatable bonds is 5. The Labute approximate surface area is 202 Å². The van der Waals surface area contributed by atoms with Crippen LogP contribution in [0.2, 0.25) is 0 Å². The Kier molecular flexibility index (Phi) is 6.03. The van der Waals surface area contributed by atoms with E-state index >= 15 is 0 Å². The third-order valence-electron chi connectivity index (χ3n) is 8.16. The summed E-state index contributed by atoms with van der Waals surface area (Å²) in [7, 11) is 0. The number of benzene rings is 2. The van der Waals surface area contributed by atoms with Crippen LogP contribution in [-0.2, 0) is 24.8 Å². The minimum absolute atomic E-state index is 0.0129. The summed E-state index contributed by atoms with van der Waals surface area (Å²) in [5.41, 5.74) is 6.13. The molecular weight excluding hydrogens is 420 g/mol. The highest BCUT2D eigenvalue weighted by Gasteiger charge is 2.50. The first-order valence-corrected chi connectivity index (χ1v) is 12.4. The first-order valence-electron chi connectivity index (χ1n) is 12.4. The second-order valence-electron chi connectivity index (χ2n) is 10.6. The monoisotopic (exact) mass is 454 g/mol. The minimum atomic E-state index is -0.591. The van der Waals surface area contributed by atoms with Gasteiger partial charge in [0.25, 0.3) is 5.91 Å². The maximum absolute atomic E-state index is 13.0. The van der Waals surface area contributed by atoms with Crippen LogP contribution in [0.5, 0.6) is 0 Å². The first kappa shape index (κ1) is 22.8. The Morgan fingerprint density at radius 2 is 1.94 bits per heavy atom. The molecule has 0 saturated heterocycles. The van der Waals surface area contributed by atoms with Crippen molar-refractivity contribution < 1.29 is 9.90 Å². The first-order chi connectivity index (χ1) is 16.4. The van der Waals surface area contributed by atoms with Gasteiger partial charge in [-0.2, -0.15) is 0 Å². The van der Waals surface area contributed by atoms with E-state index < -0.39 is 5.60 Å². The van der Waals surface area contributed by atoms with Gasteiger partial charge >= 0.3 is 0 Å². The molecule has 2 N–H and O–H groups in total. The summed E-state index contributed by atoms with van der Waals surface area (Å²) in [6.07, 6.45) is 7.37. The molecule has 2 aliphatic carbocycles. The van der Waals surface area contributed by atoms with E-state index in [4.69, 9.17) is 0 Å². The van der Waals surface area contributed by atoms with Crippen molar-refractivity contribution in [3.8, 4) is 0 Å². The number of pyridine rings is 1. The Morgan fingerprint density at radius 1 is 1.12 bits per heavy atom. The molecule has 3 atom stereocenters. The third kappa shape index (κ3) is 4.39. The number of hydrogen-bond acceptors (Lipinski definition) is 3. The Balaban J connectivity index is 1.43. The number of aromatic nitrogens is 1. The largest absolute Gasteiger partial charge is 0.390 e. The molecule has 0 unspecified atom stereocenters. The maximum Gasteiger partial charge on any atom is 0.251 e. The van der Waals surface area contributed by atoms with Gasteiger partial charge in [-0.3, -0.25) is 9.78 Å². The van der Waals surface area contributed by atoms with Crippen molar-refractivity contribution in [2.24, 2.45) is 5.92 Å². The number of aliphatic hydroxyl groups is 1. The predicted octanol–water partition coefficient (Wildman–Crippen LogP) is 5.30. The lowest BCUT2D eigenvalue weighted by Crippen LogP contribution is -2.50. The van der Waals surface area contributed by atoms with Crippen molar-refractivity contribution >= 4 is 5.91 Å². The van der Waals surface area contributed by atoms with Crippen molar-refractivity contribution in [3.05, 3.63) is 100 Å². The van der Waals surface area contributed by atoms with Gasteiger partial charge in [0.05, 0.1) is 5.60 Å². The van der Waals surface area contributed by atoms with Gasteiger partial charge in [0.1, 0.15) is 0 Å². The van der Waals surface area contributed by atoms with Gasteiger partial charge in [-0.25, -0.2) is 0 Å². The molecule has 4 heteroatoms. The zero-order valence-electron chi connectivity index (χ0n) is 20.2. The normalized spacial score (nSPS) is 25.8. The number of amides is 1. The fourth-order valence-corrected chi connectivity index (χ4v) is 6.28. The number of aryl methyl sites for hydroxylation is 2. The standard InChI is InChI=1S/C30H34N2O2/c1-21-25(9-6-16-31-21)20-32-28(33)24-11-13-27-23(17-24)10-12-26-19-29(2,34)14-15-30(26,27)18-22-7-4-3-5-8-22/h3-9,11,13,16-17,26,34H,10,12,14-15,18-20H2,1-2H3,(H,32,33)/t26-,29-,30+/m1/s1. The van der Waals surface area contributed by atoms with E-state index in [1.54, 1.807) is 6.20 Å². The van der Waals surface area contributed by atoms with E-state index in [1.807, 2.05) is 32.0 Å². The number of carbonyl (C=O) groups is 1. The van der Waals surface area contributed by atoms with Crippen molar-refractivity contribution in [1.82, 2.24) is 10.3 Å². The molecule has 3 aromatic rings. The highest BCUT2D eigenvalue weighted by Crippen LogP contribution is 2.54. The van der Waals surface area contributed by atoms with E-state index in [0.717, 1.165) is 55.3 Å². The van der Waals surface area contributed by atoms with Gasteiger partial charge in [0.2, 0.25) is 0 Å². The molecule has 1 amide bonds. The zero-order valence-corrected chi connectivity index (χ0v) is 20.2. The van der Waals surface area contributed by atoms with Gasteiger partial charge in [0.15, 0.2) is 0 Å². The molecule has 34 heavy (non-hydrogen) atoms. The summed E-state index contributed by atoms with van der Waals surface area (Å²) >= 11 is 0. The molecule has 0 aliphatic heterocycles. The van der Waals surface area contributed by atoms with Crippen LogP contribution in [-0.4, -0.2) is 21.6 Å². The van der Waals surface area contributed by atoms with Crippen LogP contribution in [0.15, 0.2) is 66.9 Å². The van der Waals surface area contributed by atoms with Gasteiger partial charge in [-0.05, 0) is 98.7 Å². The van der Waals surface area contributed by atoms with Crippen molar-refractivity contribution in [3.63, 3.8) is 0 Å². The van der Waals surface area contributed by atoms with Crippen LogP contribution in [0, 0.1) is 12.8 Å². The molecule has 2 aliphatic rings. The SMILES string of the molecule is Cc1ncccc1CNC(=O)c1ccc2c(c1)CC[C@@H]1C[C@](C)(O)CC[C@@]21Cc1ccccc1. The van der Waals surface area contributed by atoms with E-state index in [1.165, 1.54) is 16.7 Å². The van der Waals surface area contributed by atoms with E-state index in [-0.39, 0.29) is 11.3 Å². The molecule has 4 nitrogen and oxygen atoms in total. The minimum Gasteiger partial charge on any atom is -0.390 e. The van der Waals surface area contributed by atoms with Crippen LogP contribution >= 0.6 is 0 Å². The second-order valence-corrected chi connectivity index (χ2v) is 10.6. The second kappa shape index (κ2) is 8.99. The summed E-state index contributed by atoms with van der Waals surface area (Å²) in [6, 6.07) is 20.9. The van der Waals surface area contributed by atoms with Gasteiger partial charge < -0.3 is 10.4 Å². The smallest absolute Gasteiger partial charge is 0.251 e. The van der Waals surface area contributed by atoms with Crippen LogP contribution in [0.3, 0.4) is 0 Å². The fraction of sp³-hybridized carbons (Fsp3) is 0.400. The highest BCUT2D eigenvalue weighted by atomic mass is 16.3. The van der Waals surface area contributed by atoms with Crippen molar-refractivity contribution in [2.45, 2.75) is 69.9 Å². The molecular formula is C30H34N2O2. The molecule has 1 fully saturated rings. The van der Waals surface area contributed by atoms with E-state index in [2.05, 4.69) is 52.8 Å². The molecule has 0 spiro atoms. The molecule has 1 saturated carbocycles. The van der Waals surface area contributed by atoms with E-state index in [0.29, 0.717) is 12.5 Å². The summed E-state index contributed by atoms with van der Waals surface area (Å²) in [5, 5.41) is 13.9. The maximum atomic E-state index is 13.0. The lowest BCUT2D eigenvalue weighted by Gasteiger charge is -2.53. The van der Waals surface area contributed by atoms with Crippen molar-refractivity contribution in [1.29, 1.82) is 0 Å². The zero-order chi connectivity index (χ0) is 23.8. The number of carbonyl (C=O) groups excluding carboxylic acids is 1. The van der Waals surface area contributed by atoms with Crippen LogP contribution in [0.1, 0.15) is 70.9 Å². The summed E-state index contributed by atoms with van der Waals surface area (Å²) in [4.78, 5) is 17.3. The van der Waals surface area contributed by atoms with Crippen LogP contribution in [0.25, 0.3) is 0 Å². The van der Waals surface area contributed by atoms with Crippen LogP contribution < -0.4 is 5.32 Å². The summed E-state index contributed by atoms with van der Waals surface area (Å²) in [5.74, 6) is 0.397. The van der Waals surface area contributed by atoms with Gasteiger partial charge in [-0.1, -0.05) is 42.5 Å². The summed E-state index contributed by atoms with van der Waals surface area (Å²) in [6.45, 7) is 4.43. The quantitative estimate of drug-likeness (QED) is 0.550. The fourth-order valence-electron chi connectivity index (χ4n) is 6.28. The molecule has 0 radical (unpaired) electrons. The number of fused-ring (bicyclic) bond motifs is 3. The molecule has 1 aromatic heterocycles. The third-order valence-corrected chi connectivity index (χ3v) is 8.16. The molecule has 176 valence electrons.